The van der Waals surface area contributed by atoms with Crippen LogP contribution in [-0.4, -0.2) is 52.8 Å². The number of H-pyrrole nitrogens is 1. The quantitative estimate of drug-likeness (QED) is 0.611. The topological polar surface area (TPSA) is 79.0 Å². The lowest BCUT2D eigenvalue weighted by atomic mass is 10.3. The predicted octanol–water partition coefficient (Wildman–Crippen LogP) is 1.02. The van der Waals surface area contributed by atoms with Gasteiger partial charge >= 0.3 is 0 Å². The molecule has 0 spiro atoms. The number of rotatable bonds is 6. The minimum absolute atomic E-state index is 0.474. The van der Waals surface area contributed by atoms with Gasteiger partial charge in [-0.3, -0.25) is 0 Å². The Morgan fingerprint density at radius 3 is 2.95 bits per heavy atom. The Labute approximate surface area is 134 Å². The van der Waals surface area contributed by atoms with Crippen LogP contribution >= 0.6 is 11.6 Å². The minimum atomic E-state index is 0.474. The van der Waals surface area contributed by atoms with Crippen molar-refractivity contribution in [3.8, 4) is 0 Å². The zero-order valence-corrected chi connectivity index (χ0v) is 13.0. The van der Waals surface area contributed by atoms with Gasteiger partial charge in [0.15, 0.2) is 0 Å². The molecule has 1 aliphatic rings. The van der Waals surface area contributed by atoms with Crippen LogP contribution in [-0.2, 0) is 17.7 Å². The molecule has 0 bridgehead atoms. The number of ether oxygens (including phenoxy) is 1. The Hall–Kier alpha value is -1.70. The summed E-state index contributed by atoms with van der Waals surface area (Å²) in [6.45, 7) is 4.52. The maximum atomic E-state index is 6.11. The summed E-state index contributed by atoms with van der Waals surface area (Å²) in [5, 5.41) is 3.80. The van der Waals surface area contributed by atoms with Gasteiger partial charge in [-0.15, -0.1) is 0 Å². The third-order valence-corrected chi connectivity index (χ3v) is 3.67. The summed E-state index contributed by atoms with van der Waals surface area (Å²) in [5.41, 5.74) is 1.11. The monoisotopic (exact) mass is 322 g/mol. The maximum absolute atomic E-state index is 6.11. The molecule has 3 rings (SSSR count). The number of aromatic nitrogens is 4. The van der Waals surface area contributed by atoms with Crippen LogP contribution in [0.15, 0.2) is 18.6 Å². The van der Waals surface area contributed by atoms with Gasteiger partial charge in [-0.2, -0.15) is 0 Å². The first-order valence-electron chi connectivity index (χ1n) is 7.35. The zero-order valence-electron chi connectivity index (χ0n) is 12.3. The molecule has 2 aromatic rings. The summed E-state index contributed by atoms with van der Waals surface area (Å²) in [6.07, 6.45) is 4.40. The zero-order chi connectivity index (χ0) is 15.2. The van der Waals surface area contributed by atoms with Crippen molar-refractivity contribution in [1.29, 1.82) is 0 Å². The van der Waals surface area contributed by atoms with Crippen LogP contribution in [0, 0.1) is 0 Å². The molecule has 2 N–H and O–H groups in total. The molecule has 0 amide bonds. The largest absolute Gasteiger partial charge is 0.378 e. The van der Waals surface area contributed by atoms with Crippen LogP contribution in [0.4, 0.5) is 5.82 Å². The molecule has 3 heterocycles. The molecule has 0 unspecified atom stereocenters. The van der Waals surface area contributed by atoms with Gasteiger partial charge in [0, 0.05) is 44.0 Å². The van der Waals surface area contributed by atoms with Gasteiger partial charge in [0.05, 0.1) is 26.1 Å². The summed E-state index contributed by atoms with van der Waals surface area (Å²) in [5.74, 6) is 1.58. The average molecular weight is 323 g/mol. The fourth-order valence-corrected chi connectivity index (χ4v) is 2.52. The Morgan fingerprint density at radius 1 is 1.32 bits per heavy atom. The van der Waals surface area contributed by atoms with E-state index in [1.807, 2.05) is 6.20 Å². The number of morpholine rings is 1. The number of nitrogens with zero attached hydrogens (tertiary/aromatic N) is 4. The van der Waals surface area contributed by atoms with Crippen molar-refractivity contribution >= 4 is 17.4 Å². The molecule has 0 aliphatic carbocycles. The molecule has 1 fully saturated rings. The van der Waals surface area contributed by atoms with E-state index in [9.17, 15) is 0 Å². The van der Waals surface area contributed by atoms with Gasteiger partial charge in [0.1, 0.15) is 16.8 Å². The third kappa shape index (κ3) is 4.16. The van der Waals surface area contributed by atoms with E-state index in [4.69, 9.17) is 16.3 Å². The van der Waals surface area contributed by atoms with Gasteiger partial charge < -0.3 is 19.9 Å². The lowest BCUT2D eigenvalue weighted by molar-refractivity contribution is 0.122. The molecule has 22 heavy (non-hydrogen) atoms. The van der Waals surface area contributed by atoms with E-state index in [1.165, 1.54) is 0 Å². The second kappa shape index (κ2) is 7.53. The van der Waals surface area contributed by atoms with Crippen molar-refractivity contribution in [2.45, 2.75) is 13.0 Å². The van der Waals surface area contributed by atoms with Gasteiger partial charge in [-0.1, -0.05) is 11.6 Å². The predicted molar refractivity (Wildman–Crippen MR) is 84.1 cm³/mol. The highest BCUT2D eigenvalue weighted by molar-refractivity contribution is 6.29. The number of hydrogen-bond acceptors (Lipinski definition) is 6. The van der Waals surface area contributed by atoms with Crippen molar-refractivity contribution in [3.05, 3.63) is 35.3 Å². The standard InChI is InChI=1S/C14H19ClN6O/c15-12-7-14(21-3-5-22-6-4-21)20-13(19-12)9-16-2-1-11-8-17-10-18-11/h7-8,10,16H,1-6,9H2,(H,17,18). The molecular formula is C14H19ClN6O. The highest BCUT2D eigenvalue weighted by atomic mass is 35.5. The number of aromatic amines is 1. The van der Waals surface area contributed by atoms with Crippen LogP contribution in [0.5, 0.6) is 0 Å². The van der Waals surface area contributed by atoms with Crippen LogP contribution in [0.1, 0.15) is 11.5 Å². The number of anilines is 1. The molecule has 2 aromatic heterocycles. The smallest absolute Gasteiger partial charge is 0.146 e. The van der Waals surface area contributed by atoms with Crippen LogP contribution in [0.25, 0.3) is 0 Å². The number of imidazole rings is 1. The summed E-state index contributed by atoms with van der Waals surface area (Å²) in [4.78, 5) is 18.1. The second-order valence-corrected chi connectivity index (χ2v) is 5.46. The van der Waals surface area contributed by atoms with E-state index in [0.717, 1.165) is 50.8 Å². The van der Waals surface area contributed by atoms with E-state index in [2.05, 4.69) is 30.2 Å². The van der Waals surface area contributed by atoms with Crippen molar-refractivity contribution in [2.24, 2.45) is 0 Å². The Balaban J connectivity index is 1.55. The summed E-state index contributed by atoms with van der Waals surface area (Å²) in [6, 6.07) is 1.81. The SMILES string of the molecule is Clc1cc(N2CCOCC2)nc(CNCCc2cnc[nH]2)n1. The fourth-order valence-electron chi connectivity index (χ4n) is 2.33. The minimum Gasteiger partial charge on any atom is -0.378 e. The maximum Gasteiger partial charge on any atom is 0.146 e. The van der Waals surface area contributed by atoms with E-state index < -0.39 is 0 Å². The Bertz CT molecular complexity index is 585. The van der Waals surface area contributed by atoms with Gasteiger partial charge in [-0.25, -0.2) is 15.0 Å². The van der Waals surface area contributed by atoms with E-state index in [0.29, 0.717) is 17.5 Å². The molecule has 0 saturated carbocycles. The summed E-state index contributed by atoms with van der Waals surface area (Å²) < 4.78 is 5.36. The van der Waals surface area contributed by atoms with Crippen molar-refractivity contribution < 1.29 is 4.74 Å². The first-order chi connectivity index (χ1) is 10.8. The van der Waals surface area contributed by atoms with E-state index in [1.54, 1.807) is 12.4 Å². The van der Waals surface area contributed by atoms with Gasteiger partial charge in [0.25, 0.3) is 0 Å². The highest BCUT2D eigenvalue weighted by Crippen LogP contribution is 2.17. The molecule has 0 radical (unpaired) electrons. The molecular weight excluding hydrogens is 304 g/mol. The van der Waals surface area contributed by atoms with E-state index in [-0.39, 0.29) is 0 Å². The lowest BCUT2D eigenvalue weighted by Gasteiger charge is -2.28. The Kier molecular flexibility index (Phi) is 5.20. The normalized spacial score (nSPS) is 15.2. The molecule has 7 nitrogen and oxygen atoms in total. The summed E-state index contributed by atoms with van der Waals surface area (Å²) in [7, 11) is 0. The number of halogens is 1. The average Bonchev–Trinajstić information content (AvgIpc) is 3.05. The molecule has 0 aromatic carbocycles. The van der Waals surface area contributed by atoms with Crippen LogP contribution in [0.3, 0.4) is 0 Å². The van der Waals surface area contributed by atoms with Crippen LogP contribution in [0.2, 0.25) is 5.15 Å². The lowest BCUT2D eigenvalue weighted by Crippen LogP contribution is -2.37. The molecule has 118 valence electrons. The first-order valence-corrected chi connectivity index (χ1v) is 7.73. The number of hydrogen-bond donors (Lipinski definition) is 2. The molecule has 0 atom stereocenters. The molecule has 1 saturated heterocycles. The van der Waals surface area contributed by atoms with Crippen molar-refractivity contribution in [1.82, 2.24) is 25.3 Å². The van der Waals surface area contributed by atoms with Gasteiger partial charge in [0.2, 0.25) is 0 Å². The first kappa shape index (κ1) is 15.2. The fraction of sp³-hybridized carbons (Fsp3) is 0.500. The summed E-state index contributed by atoms with van der Waals surface area (Å²) >= 11 is 6.11. The second-order valence-electron chi connectivity index (χ2n) is 5.07. The van der Waals surface area contributed by atoms with Crippen LogP contribution < -0.4 is 10.2 Å². The van der Waals surface area contributed by atoms with Crippen molar-refractivity contribution in [2.75, 3.05) is 37.7 Å². The molecule has 1 aliphatic heterocycles. The van der Waals surface area contributed by atoms with Gasteiger partial charge in [-0.05, 0) is 0 Å². The molecule has 8 heteroatoms. The third-order valence-electron chi connectivity index (χ3n) is 3.47. The number of nitrogens with one attached hydrogen (secondary N) is 2. The van der Waals surface area contributed by atoms with E-state index >= 15 is 0 Å². The van der Waals surface area contributed by atoms with Crippen molar-refractivity contribution in [3.63, 3.8) is 0 Å². The highest BCUT2D eigenvalue weighted by Gasteiger charge is 2.14. The Morgan fingerprint density at radius 2 is 2.18 bits per heavy atom.